The number of rotatable bonds is 6. The summed E-state index contributed by atoms with van der Waals surface area (Å²) in [6, 6.07) is 0.512. The summed E-state index contributed by atoms with van der Waals surface area (Å²) in [4.78, 5) is 11.2. The SMILES string of the molecule is CC(C)CC(CNC1CC(C)CC(C)C1)C(=O)O. The summed E-state index contributed by atoms with van der Waals surface area (Å²) in [6.07, 6.45) is 4.46. The number of carboxylic acid groups (broad SMARTS) is 1. The van der Waals surface area contributed by atoms with Crippen LogP contribution >= 0.6 is 0 Å². The van der Waals surface area contributed by atoms with Crippen molar-refractivity contribution in [2.24, 2.45) is 23.7 Å². The van der Waals surface area contributed by atoms with Crippen LogP contribution in [0.25, 0.3) is 0 Å². The second-order valence-corrected chi connectivity index (χ2v) is 6.69. The minimum Gasteiger partial charge on any atom is -0.481 e. The van der Waals surface area contributed by atoms with Gasteiger partial charge in [0, 0.05) is 12.6 Å². The fourth-order valence-electron chi connectivity index (χ4n) is 3.26. The fraction of sp³-hybridized carbons (Fsp3) is 0.933. The van der Waals surface area contributed by atoms with Crippen LogP contribution in [-0.2, 0) is 4.79 Å². The highest BCUT2D eigenvalue weighted by Gasteiger charge is 2.25. The van der Waals surface area contributed by atoms with Crippen LogP contribution in [0.1, 0.15) is 53.4 Å². The van der Waals surface area contributed by atoms with Crippen LogP contribution in [0, 0.1) is 23.7 Å². The Hall–Kier alpha value is -0.570. The molecule has 3 unspecified atom stereocenters. The van der Waals surface area contributed by atoms with Gasteiger partial charge < -0.3 is 10.4 Å². The first-order chi connectivity index (χ1) is 8.38. The van der Waals surface area contributed by atoms with E-state index in [0.717, 1.165) is 18.3 Å². The molecule has 0 amide bonds. The summed E-state index contributed by atoms with van der Waals surface area (Å²) in [5, 5.41) is 12.7. The van der Waals surface area contributed by atoms with Crippen LogP contribution in [-0.4, -0.2) is 23.7 Å². The van der Waals surface area contributed by atoms with Gasteiger partial charge in [0.05, 0.1) is 5.92 Å². The molecule has 0 aliphatic heterocycles. The molecule has 1 saturated carbocycles. The molecule has 3 heteroatoms. The molecule has 1 fully saturated rings. The summed E-state index contributed by atoms with van der Waals surface area (Å²) < 4.78 is 0. The van der Waals surface area contributed by atoms with Crippen molar-refractivity contribution < 1.29 is 9.90 Å². The van der Waals surface area contributed by atoms with E-state index in [1.807, 2.05) is 0 Å². The van der Waals surface area contributed by atoms with E-state index in [0.29, 0.717) is 18.5 Å². The summed E-state index contributed by atoms with van der Waals surface area (Å²) in [5.74, 6) is 1.07. The van der Waals surface area contributed by atoms with Crippen LogP contribution < -0.4 is 5.32 Å². The molecule has 1 aliphatic rings. The third-order valence-corrected chi connectivity index (χ3v) is 3.94. The molecule has 3 atom stereocenters. The van der Waals surface area contributed by atoms with Gasteiger partial charge in [-0.2, -0.15) is 0 Å². The largest absolute Gasteiger partial charge is 0.481 e. The van der Waals surface area contributed by atoms with Gasteiger partial charge in [-0.25, -0.2) is 0 Å². The highest BCUT2D eigenvalue weighted by molar-refractivity contribution is 5.70. The average Bonchev–Trinajstić information content (AvgIpc) is 2.21. The molecule has 0 aromatic heterocycles. The summed E-state index contributed by atoms with van der Waals surface area (Å²) >= 11 is 0. The minimum absolute atomic E-state index is 0.238. The van der Waals surface area contributed by atoms with E-state index < -0.39 is 5.97 Å². The standard InChI is InChI=1S/C15H29NO2/c1-10(2)5-13(15(17)18)9-16-14-7-11(3)6-12(4)8-14/h10-14,16H,5-9H2,1-4H3,(H,17,18). The van der Waals surface area contributed by atoms with Crippen molar-refractivity contribution in [3.63, 3.8) is 0 Å². The third-order valence-electron chi connectivity index (χ3n) is 3.94. The highest BCUT2D eigenvalue weighted by Crippen LogP contribution is 2.28. The Balaban J connectivity index is 2.39. The number of carboxylic acids is 1. The lowest BCUT2D eigenvalue weighted by atomic mass is 9.80. The van der Waals surface area contributed by atoms with Crippen molar-refractivity contribution >= 4 is 5.97 Å². The zero-order chi connectivity index (χ0) is 13.7. The van der Waals surface area contributed by atoms with E-state index in [9.17, 15) is 9.90 Å². The van der Waals surface area contributed by atoms with Gasteiger partial charge in [0.2, 0.25) is 0 Å². The second-order valence-electron chi connectivity index (χ2n) is 6.69. The lowest BCUT2D eigenvalue weighted by molar-refractivity contribution is -0.142. The molecule has 0 aromatic rings. The molecule has 106 valence electrons. The smallest absolute Gasteiger partial charge is 0.307 e. The molecular formula is C15H29NO2. The van der Waals surface area contributed by atoms with Gasteiger partial charge in [-0.1, -0.05) is 27.7 Å². The maximum absolute atomic E-state index is 11.2. The Morgan fingerprint density at radius 1 is 1.22 bits per heavy atom. The molecule has 0 aromatic carbocycles. The summed E-state index contributed by atoms with van der Waals surface area (Å²) in [5.41, 5.74) is 0. The maximum atomic E-state index is 11.2. The zero-order valence-electron chi connectivity index (χ0n) is 12.3. The van der Waals surface area contributed by atoms with Gasteiger partial charge in [-0.3, -0.25) is 4.79 Å². The van der Waals surface area contributed by atoms with Crippen molar-refractivity contribution in [3.8, 4) is 0 Å². The van der Waals surface area contributed by atoms with E-state index in [4.69, 9.17) is 0 Å². The van der Waals surface area contributed by atoms with Gasteiger partial charge in [-0.05, 0) is 43.4 Å². The molecule has 0 saturated heterocycles. The lowest BCUT2D eigenvalue weighted by Crippen LogP contribution is -2.40. The van der Waals surface area contributed by atoms with Gasteiger partial charge in [0.15, 0.2) is 0 Å². The number of nitrogens with one attached hydrogen (secondary N) is 1. The average molecular weight is 255 g/mol. The van der Waals surface area contributed by atoms with Crippen molar-refractivity contribution in [2.45, 2.75) is 59.4 Å². The number of hydrogen-bond donors (Lipinski definition) is 2. The first kappa shape index (κ1) is 15.5. The Bertz CT molecular complexity index is 255. The summed E-state index contributed by atoms with van der Waals surface area (Å²) in [7, 11) is 0. The quantitative estimate of drug-likeness (QED) is 0.766. The van der Waals surface area contributed by atoms with Crippen LogP contribution in [0.3, 0.4) is 0 Å². The Morgan fingerprint density at radius 3 is 2.22 bits per heavy atom. The van der Waals surface area contributed by atoms with Crippen molar-refractivity contribution in [3.05, 3.63) is 0 Å². The number of carbonyl (C=O) groups is 1. The van der Waals surface area contributed by atoms with Crippen molar-refractivity contribution in [2.75, 3.05) is 6.54 Å². The normalized spacial score (nSPS) is 30.4. The van der Waals surface area contributed by atoms with E-state index in [1.54, 1.807) is 0 Å². The Kier molecular flexibility index (Phi) is 6.13. The molecule has 18 heavy (non-hydrogen) atoms. The number of hydrogen-bond acceptors (Lipinski definition) is 2. The molecule has 3 nitrogen and oxygen atoms in total. The predicted octanol–water partition coefficient (Wildman–Crippen LogP) is 3.15. The second kappa shape index (κ2) is 7.13. The van der Waals surface area contributed by atoms with Gasteiger partial charge in [0.1, 0.15) is 0 Å². The molecule has 0 spiro atoms. The summed E-state index contributed by atoms with van der Waals surface area (Å²) in [6.45, 7) is 9.39. The van der Waals surface area contributed by atoms with Crippen molar-refractivity contribution in [1.29, 1.82) is 0 Å². The first-order valence-electron chi connectivity index (χ1n) is 7.34. The lowest BCUT2D eigenvalue weighted by Gasteiger charge is -2.32. The van der Waals surface area contributed by atoms with Gasteiger partial charge in [-0.15, -0.1) is 0 Å². The zero-order valence-corrected chi connectivity index (χ0v) is 12.3. The molecule has 0 heterocycles. The topological polar surface area (TPSA) is 49.3 Å². The monoisotopic (exact) mass is 255 g/mol. The Morgan fingerprint density at radius 2 is 1.78 bits per heavy atom. The van der Waals surface area contributed by atoms with E-state index in [-0.39, 0.29) is 5.92 Å². The predicted molar refractivity (Wildman–Crippen MR) is 74.6 cm³/mol. The maximum Gasteiger partial charge on any atom is 0.307 e. The first-order valence-corrected chi connectivity index (χ1v) is 7.34. The molecular weight excluding hydrogens is 226 g/mol. The molecule has 0 bridgehead atoms. The van der Waals surface area contributed by atoms with E-state index in [2.05, 4.69) is 33.0 Å². The van der Waals surface area contributed by atoms with Gasteiger partial charge in [0.25, 0.3) is 0 Å². The van der Waals surface area contributed by atoms with Crippen LogP contribution in [0.2, 0.25) is 0 Å². The van der Waals surface area contributed by atoms with Gasteiger partial charge >= 0.3 is 5.97 Å². The molecule has 1 aliphatic carbocycles. The third kappa shape index (κ3) is 5.38. The number of aliphatic carboxylic acids is 1. The highest BCUT2D eigenvalue weighted by atomic mass is 16.4. The van der Waals surface area contributed by atoms with E-state index >= 15 is 0 Å². The molecule has 1 rings (SSSR count). The van der Waals surface area contributed by atoms with E-state index in [1.165, 1.54) is 19.3 Å². The fourth-order valence-corrected chi connectivity index (χ4v) is 3.26. The van der Waals surface area contributed by atoms with Crippen LogP contribution in [0.5, 0.6) is 0 Å². The minimum atomic E-state index is -0.659. The van der Waals surface area contributed by atoms with Crippen LogP contribution in [0.4, 0.5) is 0 Å². The van der Waals surface area contributed by atoms with Crippen LogP contribution in [0.15, 0.2) is 0 Å². The van der Waals surface area contributed by atoms with Crippen molar-refractivity contribution in [1.82, 2.24) is 5.32 Å². The molecule has 0 radical (unpaired) electrons. The molecule has 2 N–H and O–H groups in total. The Labute approximate surface area is 111 Å².